The number of hydrogen-bond acceptors (Lipinski definition) is 5. The van der Waals surface area contributed by atoms with Gasteiger partial charge in [0.25, 0.3) is 5.91 Å². The van der Waals surface area contributed by atoms with Crippen molar-refractivity contribution in [3.8, 4) is 0 Å². The third-order valence-electron chi connectivity index (χ3n) is 7.42. The van der Waals surface area contributed by atoms with Crippen LogP contribution in [0.1, 0.15) is 76.1 Å². The number of anilines is 1. The van der Waals surface area contributed by atoms with Gasteiger partial charge in [-0.05, 0) is 64.0 Å². The van der Waals surface area contributed by atoms with E-state index in [0.717, 1.165) is 36.5 Å². The van der Waals surface area contributed by atoms with Gasteiger partial charge in [-0.15, -0.1) is 0 Å². The second-order valence-corrected chi connectivity index (χ2v) is 12.0. The fraction of sp³-hybridized carbons (Fsp3) is 0.571. The van der Waals surface area contributed by atoms with E-state index in [9.17, 15) is 18.4 Å². The predicted octanol–water partition coefficient (Wildman–Crippen LogP) is 5.24. The Morgan fingerprint density at radius 3 is 2.19 bits per heavy atom. The minimum absolute atomic E-state index is 0.0323. The van der Waals surface area contributed by atoms with Crippen LogP contribution in [0.25, 0.3) is 10.8 Å². The maximum atomic E-state index is 13.5. The minimum atomic E-state index is -2.52. The van der Waals surface area contributed by atoms with Crippen molar-refractivity contribution in [3.63, 3.8) is 0 Å². The first-order valence-electron chi connectivity index (χ1n) is 13.2. The van der Waals surface area contributed by atoms with Crippen molar-refractivity contribution < 1.29 is 23.1 Å². The number of carbonyl (C=O) groups is 2. The number of hydrogen-bond donors (Lipinski definition) is 0. The molecule has 9 heteroatoms. The zero-order valence-electron chi connectivity index (χ0n) is 22.3. The number of benzene rings is 2. The number of rotatable bonds is 5. The van der Waals surface area contributed by atoms with Crippen LogP contribution in [0.5, 0.6) is 0 Å². The van der Waals surface area contributed by atoms with Crippen molar-refractivity contribution in [2.45, 2.75) is 83.4 Å². The number of likely N-dealkylation sites (tertiary alicyclic amines) is 1. The maximum Gasteiger partial charge on any atom is 0.410 e. The van der Waals surface area contributed by atoms with Gasteiger partial charge in [-0.1, -0.05) is 43.5 Å². The van der Waals surface area contributed by atoms with Crippen LogP contribution in [-0.2, 0) is 16.0 Å². The van der Waals surface area contributed by atoms with E-state index in [0.29, 0.717) is 37.2 Å². The first-order chi connectivity index (χ1) is 17.6. The van der Waals surface area contributed by atoms with Crippen LogP contribution >= 0.6 is 0 Å². The summed E-state index contributed by atoms with van der Waals surface area (Å²) in [5.74, 6) is -0.0323. The quantitative estimate of drug-likeness (QED) is 0.495. The van der Waals surface area contributed by atoms with Crippen LogP contribution in [0.2, 0.25) is 0 Å². The Kier molecular flexibility index (Phi) is 8.43. The van der Waals surface area contributed by atoms with Crippen molar-refractivity contribution in [2.75, 3.05) is 24.4 Å². The lowest BCUT2D eigenvalue weighted by molar-refractivity contribution is 0.0207. The Labute approximate surface area is 222 Å². The Morgan fingerprint density at radius 2 is 1.57 bits per heavy atom. The SMILES string of the molecule is CN(C(=O)c1cccc2c(N(C3CCN(C(=O)OC(C)(C)C)CC3)S(=O)[O-])cccc12)C1CCCCC1. The molecule has 0 spiro atoms. The van der Waals surface area contributed by atoms with Crippen LogP contribution in [0, 0.1) is 0 Å². The molecule has 2 aliphatic rings. The first-order valence-corrected chi connectivity index (χ1v) is 14.3. The molecule has 0 radical (unpaired) electrons. The largest absolute Gasteiger partial charge is 0.755 e. The second kappa shape index (κ2) is 11.4. The zero-order valence-corrected chi connectivity index (χ0v) is 23.1. The molecule has 2 amide bonds. The average Bonchev–Trinajstić information content (AvgIpc) is 2.87. The van der Waals surface area contributed by atoms with E-state index in [1.807, 2.05) is 63.1 Å². The van der Waals surface area contributed by atoms with Crippen molar-refractivity contribution in [3.05, 3.63) is 42.0 Å². The molecule has 4 rings (SSSR count). The monoisotopic (exact) mass is 528 g/mol. The highest BCUT2D eigenvalue weighted by molar-refractivity contribution is 7.80. The first kappa shape index (κ1) is 27.4. The molecule has 1 aliphatic carbocycles. The van der Waals surface area contributed by atoms with Gasteiger partial charge in [0.2, 0.25) is 0 Å². The number of fused-ring (bicyclic) bond motifs is 1. The van der Waals surface area contributed by atoms with Crippen molar-refractivity contribution >= 4 is 39.7 Å². The molecule has 202 valence electrons. The highest BCUT2D eigenvalue weighted by atomic mass is 32.2. The van der Waals surface area contributed by atoms with E-state index in [-0.39, 0.29) is 24.1 Å². The molecule has 37 heavy (non-hydrogen) atoms. The van der Waals surface area contributed by atoms with Crippen molar-refractivity contribution in [1.82, 2.24) is 9.80 Å². The van der Waals surface area contributed by atoms with Crippen molar-refractivity contribution in [1.29, 1.82) is 0 Å². The molecule has 1 unspecified atom stereocenters. The van der Waals surface area contributed by atoms with E-state index in [2.05, 4.69) is 0 Å². The van der Waals surface area contributed by atoms with Crippen LogP contribution < -0.4 is 4.31 Å². The highest BCUT2D eigenvalue weighted by Gasteiger charge is 2.31. The molecule has 1 atom stereocenters. The molecule has 2 fully saturated rings. The van der Waals surface area contributed by atoms with Crippen LogP contribution in [0.4, 0.5) is 10.5 Å². The average molecular weight is 529 g/mol. The highest BCUT2D eigenvalue weighted by Crippen LogP contribution is 2.34. The maximum absolute atomic E-state index is 13.5. The lowest BCUT2D eigenvalue weighted by Crippen LogP contribution is -2.48. The number of nitrogens with zero attached hydrogens (tertiary/aromatic N) is 3. The van der Waals surface area contributed by atoms with Crippen LogP contribution in [-0.4, -0.2) is 68.4 Å². The van der Waals surface area contributed by atoms with Gasteiger partial charge in [-0.2, -0.15) is 0 Å². The van der Waals surface area contributed by atoms with Gasteiger partial charge in [0.15, 0.2) is 0 Å². The molecule has 1 saturated heterocycles. The normalized spacial score (nSPS) is 18.5. The summed E-state index contributed by atoms with van der Waals surface area (Å²) in [4.78, 5) is 29.5. The third kappa shape index (κ3) is 6.26. The van der Waals surface area contributed by atoms with Gasteiger partial charge in [0.1, 0.15) is 5.60 Å². The Morgan fingerprint density at radius 1 is 0.946 bits per heavy atom. The predicted molar refractivity (Wildman–Crippen MR) is 145 cm³/mol. The summed E-state index contributed by atoms with van der Waals surface area (Å²) in [6.45, 7) is 6.30. The standard InChI is InChI=1S/C28H39N3O5S/c1-28(2,3)36-27(33)30-18-16-21(17-19-30)31(37(34)35)25-15-9-12-22-23(25)13-8-14-24(22)26(32)29(4)20-10-6-5-7-11-20/h8-9,12-15,20-21H,5-7,10-11,16-19H2,1-4H3,(H,34,35)/p-1. The smallest absolute Gasteiger partial charge is 0.410 e. The Bertz CT molecular complexity index is 1150. The summed E-state index contributed by atoms with van der Waals surface area (Å²) in [6, 6.07) is 10.9. The number of amides is 2. The van der Waals surface area contributed by atoms with Gasteiger partial charge in [0.05, 0.1) is 5.69 Å². The molecule has 1 heterocycles. The Balaban J connectivity index is 1.58. The number of ether oxygens (including phenoxy) is 1. The summed E-state index contributed by atoms with van der Waals surface area (Å²) < 4.78 is 31.9. The molecule has 8 nitrogen and oxygen atoms in total. The summed E-state index contributed by atoms with van der Waals surface area (Å²) in [6.07, 6.45) is 6.13. The lowest BCUT2D eigenvalue weighted by Gasteiger charge is -2.40. The van der Waals surface area contributed by atoms with Gasteiger partial charge in [0, 0.05) is 54.4 Å². The fourth-order valence-electron chi connectivity index (χ4n) is 5.50. The third-order valence-corrected chi connectivity index (χ3v) is 8.23. The fourth-order valence-corrected chi connectivity index (χ4v) is 6.28. The molecule has 2 aromatic carbocycles. The molecule has 0 aromatic heterocycles. The van der Waals surface area contributed by atoms with E-state index >= 15 is 0 Å². The van der Waals surface area contributed by atoms with Crippen LogP contribution in [0.3, 0.4) is 0 Å². The van der Waals surface area contributed by atoms with E-state index in [4.69, 9.17) is 4.74 Å². The van der Waals surface area contributed by atoms with Gasteiger partial charge < -0.3 is 19.1 Å². The Hall–Kier alpha value is -2.65. The summed E-state index contributed by atoms with van der Waals surface area (Å²) in [7, 11) is 1.87. The van der Waals surface area contributed by atoms with E-state index in [1.54, 1.807) is 11.0 Å². The topological polar surface area (TPSA) is 93.2 Å². The molecule has 1 aliphatic heterocycles. The zero-order chi connectivity index (χ0) is 26.7. The number of carbonyl (C=O) groups excluding carboxylic acids is 2. The lowest BCUT2D eigenvalue weighted by atomic mass is 9.93. The molecule has 0 N–H and O–H groups in total. The minimum Gasteiger partial charge on any atom is -0.755 e. The van der Waals surface area contributed by atoms with Crippen LogP contribution in [0.15, 0.2) is 36.4 Å². The van der Waals surface area contributed by atoms with E-state index < -0.39 is 16.9 Å². The summed E-state index contributed by atoms with van der Waals surface area (Å²) >= 11 is -2.52. The van der Waals surface area contributed by atoms with Gasteiger partial charge >= 0.3 is 6.09 Å². The summed E-state index contributed by atoms with van der Waals surface area (Å²) in [5, 5.41) is 1.47. The summed E-state index contributed by atoms with van der Waals surface area (Å²) in [5.41, 5.74) is 0.555. The molecular weight excluding hydrogens is 490 g/mol. The van der Waals surface area contributed by atoms with Gasteiger partial charge in [-0.3, -0.25) is 13.3 Å². The molecule has 1 saturated carbocycles. The molecular formula is C28H38N3O5S-. The van der Waals surface area contributed by atoms with E-state index in [1.165, 1.54) is 10.7 Å². The molecule has 2 aromatic rings. The molecule has 0 bridgehead atoms. The number of piperidine rings is 1. The second-order valence-electron chi connectivity index (χ2n) is 11.1. The van der Waals surface area contributed by atoms with Gasteiger partial charge in [-0.25, -0.2) is 4.79 Å². The van der Waals surface area contributed by atoms with Crippen molar-refractivity contribution in [2.24, 2.45) is 0 Å².